The Morgan fingerprint density at radius 3 is 2.13 bits per heavy atom. The monoisotopic (exact) mass is 648 g/mol. The summed E-state index contributed by atoms with van der Waals surface area (Å²) in [7, 11) is -3.71. The molecular weight excluding hydrogens is 612 g/mol. The molecule has 0 aromatic heterocycles. The second kappa shape index (κ2) is 13.6. The van der Waals surface area contributed by atoms with Gasteiger partial charge in [0.2, 0.25) is 0 Å². The van der Waals surface area contributed by atoms with Crippen LogP contribution >= 0.6 is 11.6 Å². The first kappa shape index (κ1) is 31.7. The summed E-state index contributed by atoms with van der Waals surface area (Å²) in [6.45, 7) is 2.09. The minimum Gasteiger partial charge on any atom is -0.392 e. The molecule has 2 saturated heterocycles. The molecule has 3 atom stereocenters. The van der Waals surface area contributed by atoms with E-state index in [2.05, 4.69) is 9.62 Å². The van der Waals surface area contributed by atoms with Crippen LogP contribution in [0, 0.1) is 0 Å². The molecule has 3 N–H and O–H groups in total. The highest BCUT2D eigenvalue weighted by molar-refractivity contribution is 7.92. The normalized spacial score (nSPS) is 22.2. The van der Waals surface area contributed by atoms with Gasteiger partial charge < -0.3 is 24.6 Å². The lowest BCUT2D eigenvalue weighted by Crippen LogP contribution is -2.46. The predicted octanol–water partition coefficient (Wildman–Crippen LogP) is 6.16. The smallest absolute Gasteiger partial charge is 0.261 e. The number of likely N-dealkylation sites (tertiary alicyclic amines) is 1. The Balaban J connectivity index is 1.16. The lowest BCUT2D eigenvalue weighted by Gasteiger charge is -2.42. The minimum absolute atomic E-state index is 0.0299. The number of ether oxygens (including phenoxy) is 2. The quantitative estimate of drug-likeness (QED) is 0.199. The highest BCUT2D eigenvalue weighted by Gasteiger charge is 2.37. The van der Waals surface area contributed by atoms with Crippen molar-refractivity contribution >= 4 is 27.3 Å². The zero-order valence-corrected chi connectivity index (χ0v) is 26.3. The van der Waals surface area contributed by atoms with Crippen molar-refractivity contribution in [3.63, 3.8) is 0 Å². The fraction of sp³-hybridized carbons (Fsp3) is 0.314. The van der Waals surface area contributed by atoms with E-state index in [9.17, 15) is 18.6 Å². The Labute approximate surface area is 269 Å². The summed E-state index contributed by atoms with van der Waals surface area (Å²) in [4.78, 5) is 2.51. The molecule has 45 heavy (non-hydrogen) atoms. The number of hydrogen-bond acceptors (Lipinski definition) is 7. The Kier molecular flexibility index (Phi) is 9.58. The highest BCUT2D eigenvalue weighted by Crippen LogP contribution is 2.40. The summed E-state index contributed by atoms with van der Waals surface area (Å²) in [5.41, 5.74) is 3.03. The molecule has 0 unspecified atom stereocenters. The van der Waals surface area contributed by atoms with Gasteiger partial charge in [0, 0.05) is 42.3 Å². The first-order chi connectivity index (χ1) is 21.7. The number of piperidine rings is 1. The summed E-state index contributed by atoms with van der Waals surface area (Å²) in [6, 6.07) is 30.5. The van der Waals surface area contributed by atoms with E-state index >= 15 is 0 Å². The van der Waals surface area contributed by atoms with E-state index in [0.29, 0.717) is 36.5 Å². The van der Waals surface area contributed by atoms with E-state index in [-0.39, 0.29) is 23.7 Å². The lowest BCUT2D eigenvalue weighted by atomic mass is 9.84. The summed E-state index contributed by atoms with van der Waals surface area (Å²) in [5, 5.41) is 21.5. The van der Waals surface area contributed by atoms with Crippen LogP contribution in [0.5, 0.6) is 0 Å². The van der Waals surface area contributed by atoms with Crippen molar-refractivity contribution < 1.29 is 28.1 Å². The summed E-state index contributed by atoms with van der Waals surface area (Å²) < 4.78 is 41.2. The molecule has 2 fully saturated rings. The minimum atomic E-state index is -3.71. The van der Waals surface area contributed by atoms with Crippen molar-refractivity contribution in [2.45, 2.75) is 54.9 Å². The topological polar surface area (TPSA) is 108 Å². The van der Waals surface area contributed by atoms with Crippen LogP contribution in [0.1, 0.15) is 53.9 Å². The summed E-state index contributed by atoms with van der Waals surface area (Å²) >= 11 is 6.06. The van der Waals surface area contributed by atoms with Crippen LogP contribution in [0.2, 0.25) is 5.02 Å². The molecule has 2 heterocycles. The van der Waals surface area contributed by atoms with Crippen LogP contribution in [0.25, 0.3) is 0 Å². The van der Waals surface area contributed by atoms with Crippen molar-refractivity contribution in [1.82, 2.24) is 4.90 Å². The molecule has 0 saturated carbocycles. The predicted molar refractivity (Wildman–Crippen MR) is 173 cm³/mol. The molecule has 4 aromatic rings. The molecule has 0 bridgehead atoms. The molecule has 6 rings (SSSR count). The number of nitrogens with zero attached hydrogens (tertiary/aromatic N) is 1. The number of hydrogen-bond donors (Lipinski definition) is 3. The van der Waals surface area contributed by atoms with Gasteiger partial charge >= 0.3 is 0 Å². The molecule has 0 aliphatic carbocycles. The third kappa shape index (κ3) is 7.58. The number of aliphatic hydroxyl groups is 2. The number of nitrogens with one attached hydrogen (secondary N) is 1. The van der Waals surface area contributed by atoms with Gasteiger partial charge in [-0.05, 0) is 65.9 Å². The first-order valence-electron chi connectivity index (χ1n) is 15.1. The molecule has 0 spiro atoms. The molecule has 2 aliphatic heterocycles. The van der Waals surface area contributed by atoms with E-state index in [1.54, 1.807) is 42.5 Å². The van der Waals surface area contributed by atoms with Crippen LogP contribution in [0.4, 0.5) is 5.69 Å². The average Bonchev–Trinajstić information content (AvgIpc) is 3.07. The number of rotatable bonds is 9. The van der Waals surface area contributed by atoms with Crippen molar-refractivity contribution in [1.29, 1.82) is 0 Å². The Bertz CT molecular complexity index is 1660. The van der Waals surface area contributed by atoms with Gasteiger partial charge in [-0.3, -0.25) is 4.72 Å². The van der Waals surface area contributed by atoms with Crippen LogP contribution in [0.3, 0.4) is 0 Å². The molecule has 4 aromatic carbocycles. The zero-order chi connectivity index (χ0) is 31.4. The van der Waals surface area contributed by atoms with Crippen molar-refractivity contribution in [3.05, 3.63) is 130 Å². The molecule has 0 amide bonds. The molecule has 8 nitrogen and oxygen atoms in total. The molecular formula is C35H37ClN2O6S. The maximum Gasteiger partial charge on any atom is 0.261 e. The van der Waals surface area contributed by atoms with E-state index in [1.165, 1.54) is 0 Å². The number of aliphatic hydroxyl groups excluding tert-OH is 1. The fourth-order valence-corrected chi connectivity index (χ4v) is 7.20. The standard InChI is InChI=1S/C35H37ClN2O6S/c36-29-14-12-28(13-15-29)35(40)18-20-38(21-19-35)23-31-22-33(26-8-6-25(24-39)7-9-26)44-34(43-31)27-10-16-30(17-11-27)37-45(41,42)32-4-2-1-3-5-32/h1-17,31,33-34,37,39-40H,18-24H2/t31-,33+,34+/m0/s1. The third-order valence-electron chi connectivity index (χ3n) is 8.63. The molecule has 236 valence electrons. The summed E-state index contributed by atoms with van der Waals surface area (Å²) in [6.07, 6.45) is 0.795. The number of anilines is 1. The van der Waals surface area contributed by atoms with Gasteiger partial charge in [-0.1, -0.05) is 78.3 Å². The Morgan fingerprint density at radius 2 is 1.49 bits per heavy atom. The third-order valence-corrected chi connectivity index (χ3v) is 10.3. The van der Waals surface area contributed by atoms with Crippen molar-refractivity contribution in [2.75, 3.05) is 24.4 Å². The van der Waals surface area contributed by atoms with E-state index < -0.39 is 21.9 Å². The van der Waals surface area contributed by atoms with Gasteiger partial charge in [-0.2, -0.15) is 0 Å². The summed E-state index contributed by atoms with van der Waals surface area (Å²) in [5.74, 6) is 0. The fourth-order valence-electron chi connectivity index (χ4n) is 6.00. The van der Waals surface area contributed by atoms with E-state index in [1.807, 2.05) is 60.7 Å². The second-order valence-electron chi connectivity index (χ2n) is 11.7. The average molecular weight is 649 g/mol. The van der Waals surface area contributed by atoms with Crippen LogP contribution in [0.15, 0.2) is 108 Å². The van der Waals surface area contributed by atoms with Gasteiger partial charge in [-0.25, -0.2) is 8.42 Å². The number of sulfonamides is 1. The van der Waals surface area contributed by atoms with Gasteiger partial charge in [0.15, 0.2) is 6.29 Å². The molecule has 10 heteroatoms. The Hall–Kier alpha value is -3.28. The lowest BCUT2D eigenvalue weighted by molar-refractivity contribution is -0.253. The SMILES string of the molecule is O=S(=O)(Nc1ccc([C@@H]2O[C@H](CN3CCC(O)(c4ccc(Cl)cc4)CC3)C[C@H](c3ccc(CO)cc3)O2)cc1)c1ccccc1. The van der Waals surface area contributed by atoms with Crippen molar-refractivity contribution in [2.24, 2.45) is 0 Å². The van der Waals surface area contributed by atoms with Crippen molar-refractivity contribution in [3.8, 4) is 0 Å². The largest absolute Gasteiger partial charge is 0.392 e. The highest BCUT2D eigenvalue weighted by atomic mass is 35.5. The molecule has 0 radical (unpaired) electrons. The van der Waals surface area contributed by atoms with Crippen LogP contribution < -0.4 is 4.72 Å². The zero-order valence-electron chi connectivity index (χ0n) is 24.8. The number of benzene rings is 4. The number of halogens is 1. The van der Waals surface area contributed by atoms with Crippen LogP contribution in [-0.4, -0.2) is 49.3 Å². The maximum atomic E-state index is 12.8. The maximum absolute atomic E-state index is 12.8. The van der Waals surface area contributed by atoms with Gasteiger partial charge in [0.05, 0.1) is 29.3 Å². The van der Waals surface area contributed by atoms with E-state index in [4.69, 9.17) is 21.1 Å². The van der Waals surface area contributed by atoms with Gasteiger partial charge in [0.1, 0.15) is 0 Å². The van der Waals surface area contributed by atoms with Gasteiger partial charge in [0.25, 0.3) is 10.0 Å². The van der Waals surface area contributed by atoms with Crippen LogP contribution in [-0.2, 0) is 31.7 Å². The first-order valence-corrected chi connectivity index (χ1v) is 17.0. The van der Waals surface area contributed by atoms with Gasteiger partial charge in [-0.15, -0.1) is 0 Å². The molecule has 2 aliphatic rings. The Morgan fingerprint density at radius 1 is 0.844 bits per heavy atom. The second-order valence-corrected chi connectivity index (χ2v) is 13.8. The van der Waals surface area contributed by atoms with E-state index in [0.717, 1.165) is 35.3 Å².